The third kappa shape index (κ3) is 4.82. The first-order valence-corrected chi connectivity index (χ1v) is 7.57. The molecule has 1 aromatic heterocycles. The molecule has 0 aliphatic carbocycles. The third-order valence-corrected chi connectivity index (χ3v) is 3.54. The maximum atomic E-state index is 11.7. The number of aryl methyl sites for hydroxylation is 1. The van der Waals surface area contributed by atoms with Crippen LogP contribution in [-0.4, -0.2) is 19.0 Å². The van der Waals surface area contributed by atoms with Gasteiger partial charge in [-0.15, -0.1) is 0 Å². The molecule has 0 fully saturated rings. The van der Waals surface area contributed by atoms with E-state index in [1.165, 1.54) is 19.3 Å². The van der Waals surface area contributed by atoms with Crippen LogP contribution in [0.5, 0.6) is 0 Å². The first kappa shape index (κ1) is 17.0. The molecule has 0 unspecified atom stereocenters. The van der Waals surface area contributed by atoms with E-state index < -0.39 is 11.9 Å². The number of hydrogen-bond donors (Lipinski definition) is 0. The molecule has 0 saturated heterocycles. The lowest BCUT2D eigenvalue weighted by Crippen LogP contribution is -2.01. The van der Waals surface area contributed by atoms with Crippen LogP contribution < -0.4 is 0 Å². The van der Waals surface area contributed by atoms with Gasteiger partial charge in [0.2, 0.25) is 0 Å². The number of carbonyl (C=O) groups excluding carboxylic acids is 2. The van der Waals surface area contributed by atoms with Gasteiger partial charge in [0.15, 0.2) is 0 Å². The normalized spacial score (nSPS) is 10.7. The summed E-state index contributed by atoms with van der Waals surface area (Å²) in [6.07, 6.45) is 2.99. The van der Waals surface area contributed by atoms with Gasteiger partial charge in [-0.05, 0) is 36.8 Å². The van der Waals surface area contributed by atoms with E-state index in [0.717, 1.165) is 10.0 Å². The lowest BCUT2D eigenvalue weighted by molar-refractivity contribution is -0.139. The molecule has 2 aromatic rings. The van der Waals surface area contributed by atoms with E-state index in [-0.39, 0.29) is 6.61 Å². The Kier molecular flexibility index (Phi) is 5.76. The van der Waals surface area contributed by atoms with Crippen molar-refractivity contribution < 1.29 is 23.5 Å². The molecule has 0 bridgehead atoms. The Morgan fingerprint density at radius 1 is 1.26 bits per heavy atom. The zero-order valence-electron chi connectivity index (χ0n) is 12.7. The molecule has 0 saturated carbocycles. The SMILES string of the molecule is COC(=O)c1cc(COC(=O)/C=C/c2ccc(Br)cc2)oc1C. The highest BCUT2D eigenvalue weighted by Gasteiger charge is 2.15. The molecular formula is C17H15BrO5. The van der Waals surface area contributed by atoms with Crippen LogP contribution in [0.3, 0.4) is 0 Å². The van der Waals surface area contributed by atoms with E-state index in [9.17, 15) is 9.59 Å². The van der Waals surface area contributed by atoms with E-state index in [1.807, 2.05) is 24.3 Å². The number of methoxy groups -OCH3 is 1. The van der Waals surface area contributed by atoms with Gasteiger partial charge in [-0.3, -0.25) is 0 Å². The number of esters is 2. The third-order valence-electron chi connectivity index (χ3n) is 3.01. The van der Waals surface area contributed by atoms with Crippen molar-refractivity contribution in [3.8, 4) is 0 Å². The van der Waals surface area contributed by atoms with Crippen molar-refractivity contribution in [1.82, 2.24) is 0 Å². The standard InChI is InChI=1S/C17H15BrO5/c1-11-15(17(20)21-2)9-14(23-11)10-22-16(19)8-5-12-3-6-13(18)7-4-12/h3-9H,10H2,1-2H3/b8-5+. The summed E-state index contributed by atoms with van der Waals surface area (Å²) in [5.41, 5.74) is 1.20. The minimum Gasteiger partial charge on any atom is -0.465 e. The molecule has 0 N–H and O–H groups in total. The van der Waals surface area contributed by atoms with Crippen LogP contribution in [0.2, 0.25) is 0 Å². The fraction of sp³-hybridized carbons (Fsp3) is 0.176. The molecule has 0 amide bonds. The lowest BCUT2D eigenvalue weighted by Gasteiger charge is -1.98. The number of ether oxygens (including phenoxy) is 2. The Morgan fingerprint density at radius 3 is 2.61 bits per heavy atom. The lowest BCUT2D eigenvalue weighted by atomic mass is 10.2. The molecule has 1 aromatic carbocycles. The second-order valence-corrected chi connectivity index (χ2v) is 5.58. The zero-order chi connectivity index (χ0) is 16.8. The number of furan rings is 1. The molecule has 0 aliphatic heterocycles. The van der Waals surface area contributed by atoms with E-state index in [4.69, 9.17) is 9.15 Å². The topological polar surface area (TPSA) is 65.7 Å². The fourth-order valence-corrected chi connectivity index (χ4v) is 2.12. The second kappa shape index (κ2) is 7.78. The van der Waals surface area contributed by atoms with Gasteiger partial charge in [0.05, 0.1) is 7.11 Å². The highest BCUT2D eigenvalue weighted by Crippen LogP contribution is 2.16. The van der Waals surface area contributed by atoms with E-state index in [0.29, 0.717) is 17.1 Å². The first-order valence-electron chi connectivity index (χ1n) is 6.77. The Labute approximate surface area is 142 Å². The van der Waals surface area contributed by atoms with Crippen LogP contribution in [0.4, 0.5) is 0 Å². The van der Waals surface area contributed by atoms with Gasteiger partial charge in [-0.25, -0.2) is 9.59 Å². The van der Waals surface area contributed by atoms with Gasteiger partial charge in [0, 0.05) is 10.5 Å². The summed E-state index contributed by atoms with van der Waals surface area (Å²) in [5.74, 6) is -0.179. The van der Waals surface area contributed by atoms with Crippen molar-refractivity contribution in [2.75, 3.05) is 7.11 Å². The van der Waals surface area contributed by atoms with Crippen LogP contribution in [0.15, 0.2) is 45.3 Å². The zero-order valence-corrected chi connectivity index (χ0v) is 14.3. The Morgan fingerprint density at radius 2 is 1.96 bits per heavy atom. The minimum atomic E-state index is -0.499. The van der Waals surface area contributed by atoms with Gasteiger partial charge in [-0.1, -0.05) is 28.1 Å². The average Bonchev–Trinajstić information content (AvgIpc) is 2.92. The Bertz CT molecular complexity index is 728. The summed E-state index contributed by atoms with van der Waals surface area (Å²) >= 11 is 3.34. The molecule has 6 heteroatoms. The highest BCUT2D eigenvalue weighted by atomic mass is 79.9. The Balaban J connectivity index is 1.91. The summed E-state index contributed by atoms with van der Waals surface area (Å²) in [4.78, 5) is 23.2. The molecule has 0 atom stereocenters. The maximum Gasteiger partial charge on any atom is 0.341 e. The molecule has 0 radical (unpaired) electrons. The van der Waals surface area contributed by atoms with Crippen LogP contribution in [0.1, 0.15) is 27.4 Å². The van der Waals surface area contributed by atoms with Gasteiger partial charge in [0.1, 0.15) is 23.7 Å². The van der Waals surface area contributed by atoms with Gasteiger partial charge < -0.3 is 13.9 Å². The van der Waals surface area contributed by atoms with E-state index >= 15 is 0 Å². The van der Waals surface area contributed by atoms with Crippen molar-refractivity contribution in [2.45, 2.75) is 13.5 Å². The first-order chi connectivity index (χ1) is 11.0. The quantitative estimate of drug-likeness (QED) is 0.583. The number of halogens is 1. The van der Waals surface area contributed by atoms with Crippen molar-refractivity contribution >= 4 is 33.9 Å². The second-order valence-electron chi connectivity index (χ2n) is 4.67. The highest BCUT2D eigenvalue weighted by molar-refractivity contribution is 9.10. The summed E-state index contributed by atoms with van der Waals surface area (Å²) in [5, 5.41) is 0. The number of rotatable bonds is 5. The number of carbonyl (C=O) groups is 2. The molecule has 1 heterocycles. The van der Waals surface area contributed by atoms with Crippen molar-refractivity contribution in [3.05, 3.63) is 63.5 Å². The fourth-order valence-electron chi connectivity index (χ4n) is 1.86. The maximum absolute atomic E-state index is 11.7. The van der Waals surface area contributed by atoms with Crippen LogP contribution in [-0.2, 0) is 20.9 Å². The summed E-state index contributed by atoms with van der Waals surface area (Å²) < 4.78 is 16.0. The van der Waals surface area contributed by atoms with Crippen LogP contribution >= 0.6 is 15.9 Å². The van der Waals surface area contributed by atoms with Crippen LogP contribution in [0.25, 0.3) is 6.08 Å². The van der Waals surface area contributed by atoms with Crippen molar-refractivity contribution in [1.29, 1.82) is 0 Å². The van der Waals surface area contributed by atoms with Crippen molar-refractivity contribution in [2.24, 2.45) is 0 Å². The molecule has 0 aliphatic rings. The van der Waals surface area contributed by atoms with E-state index in [2.05, 4.69) is 20.7 Å². The predicted octanol–water partition coefficient (Wildman–Crippen LogP) is 3.89. The van der Waals surface area contributed by atoms with Gasteiger partial charge >= 0.3 is 11.9 Å². The predicted molar refractivity (Wildman–Crippen MR) is 87.8 cm³/mol. The molecule has 0 spiro atoms. The smallest absolute Gasteiger partial charge is 0.341 e. The summed E-state index contributed by atoms with van der Waals surface area (Å²) in [6.45, 7) is 1.59. The average molecular weight is 379 g/mol. The summed E-state index contributed by atoms with van der Waals surface area (Å²) in [7, 11) is 1.29. The Hall–Kier alpha value is -2.34. The van der Waals surface area contributed by atoms with Crippen molar-refractivity contribution in [3.63, 3.8) is 0 Å². The molecular weight excluding hydrogens is 364 g/mol. The number of benzene rings is 1. The molecule has 120 valence electrons. The monoisotopic (exact) mass is 378 g/mol. The van der Waals surface area contributed by atoms with Crippen LogP contribution in [0, 0.1) is 6.92 Å². The van der Waals surface area contributed by atoms with Gasteiger partial charge in [-0.2, -0.15) is 0 Å². The minimum absolute atomic E-state index is 0.0542. The molecule has 5 nitrogen and oxygen atoms in total. The van der Waals surface area contributed by atoms with Gasteiger partial charge in [0.25, 0.3) is 0 Å². The molecule has 23 heavy (non-hydrogen) atoms. The van der Waals surface area contributed by atoms with E-state index in [1.54, 1.807) is 13.0 Å². The molecule has 2 rings (SSSR count). The largest absolute Gasteiger partial charge is 0.465 e. The number of hydrogen-bond acceptors (Lipinski definition) is 5. The summed E-state index contributed by atoms with van der Waals surface area (Å²) in [6, 6.07) is 9.00.